The van der Waals surface area contributed by atoms with Crippen molar-refractivity contribution in [3.63, 3.8) is 0 Å². The number of carbonyl (C=O) groups is 3. The van der Waals surface area contributed by atoms with E-state index in [1.165, 1.54) is 16.2 Å². The van der Waals surface area contributed by atoms with E-state index in [0.717, 1.165) is 16.7 Å². The zero-order valence-corrected chi connectivity index (χ0v) is 21.8. The molecule has 2 aromatic carbocycles. The Balaban J connectivity index is 1.71. The molecule has 3 amide bonds. The SMILES string of the molecule is Cc1ccc([C@@H](C(=O)NCc2ccco2)N(C(=O)CNC(=O)c2cccs2)c2cc(C)ccc2C)cc1. The van der Waals surface area contributed by atoms with Crippen LogP contribution in [0.2, 0.25) is 0 Å². The molecule has 0 fully saturated rings. The van der Waals surface area contributed by atoms with Crippen LogP contribution in [0, 0.1) is 20.8 Å². The highest BCUT2D eigenvalue weighted by Crippen LogP contribution is 2.31. The van der Waals surface area contributed by atoms with Gasteiger partial charge in [0.25, 0.3) is 5.91 Å². The molecule has 37 heavy (non-hydrogen) atoms. The van der Waals surface area contributed by atoms with Gasteiger partial charge in [0.2, 0.25) is 11.8 Å². The van der Waals surface area contributed by atoms with Gasteiger partial charge in [0.05, 0.1) is 24.2 Å². The predicted octanol–water partition coefficient (Wildman–Crippen LogP) is 5.09. The molecule has 2 heterocycles. The quantitative estimate of drug-likeness (QED) is 0.325. The van der Waals surface area contributed by atoms with Crippen molar-refractivity contribution in [2.75, 3.05) is 11.4 Å². The van der Waals surface area contributed by atoms with Gasteiger partial charge in [-0.25, -0.2) is 0 Å². The molecule has 8 heteroatoms. The molecule has 2 N–H and O–H groups in total. The number of amides is 3. The van der Waals surface area contributed by atoms with Gasteiger partial charge in [0, 0.05) is 5.69 Å². The Morgan fingerprint density at radius 1 is 0.919 bits per heavy atom. The van der Waals surface area contributed by atoms with Gasteiger partial charge < -0.3 is 15.1 Å². The molecule has 0 aliphatic rings. The van der Waals surface area contributed by atoms with Crippen molar-refractivity contribution < 1.29 is 18.8 Å². The summed E-state index contributed by atoms with van der Waals surface area (Å²) in [5, 5.41) is 7.43. The molecule has 4 aromatic rings. The normalized spacial score (nSPS) is 11.5. The summed E-state index contributed by atoms with van der Waals surface area (Å²) < 4.78 is 5.37. The Kier molecular flexibility index (Phi) is 8.20. The highest BCUT2D eigenvalue weighted by Gasteiger charge is 2.34. The minimum absolute atomic E-state index is 0.179. The second-order valence-corrected chi connectivity index (χ2v) is 9.77. The zero-order chi connectivity index (χ0) is 26.4. The molecule has 4 rings (SSSR count). The fourth-order valence-corrected chi connectivity index (χ4v) is 4.62. The fraction of sp³-hybridized carbons (Fsp3) is 0.207. The Bertz CT molecular complexity index is 1360. The van der Waals surface area contributed by atoms with Gasteiger partial charge in [-0.05, 0) is 67.1 Å². The van der Waals surface area contributed by atoms with Crippen LogP contribution in [-0.2, 0) is 16.1 Å². The summed E-state index contributed by atoms with van der Waals surface area (Å²) in [6, 6.07) is 19.3. The van der Waals surface area contributed by atoms with Crippen molar-refractivity contribution in [2.24, 2.45) is 0 Å². The van der Waals surface area contributed by atoms with Crippen molar-refractivity contribution in [1.82, 2.24) is 10.6 Å². The van der Waals surface area contributed by atoms with Gasteiger partial charge in [-0.15, -0.1) is 11.3 Å². The number of nitrogens with one attached hydrogen (secondary N) is 2. The van der Waals surface area contributed by atoms with Crippen LogP contribution in [0.25, 0.3) is 0 Å². The molecule has 0 unspecified atom stereocenters. The number of aryl methyl sites for hydroxylation is 3. The van der Waals surface area contributed by atoms with E-state index < -0.39 is 11.9 Å². The smallest absolute Gasteiger partial charge is 0.261 e. The van der Waals surface area contributed by atoms with E-state index in [4.69, 9.17) is 4.42 Å². The molecule has 0 aliphatic heterocycles. The first-order valence-electron chi connectivity index (χ1n) is 11.9. The number of rotatable bonds is 9. The van der Waals surface area contributed by atoms with Crippen LogP contribution in [0.1, 0.15) is 43.7 Å². The number of benzene rings is 2. The molecule has 0 spiro atoms. The first kappa shape index (κ1) is 25.9. The number of carbonyl (C=O) groups excluding carboxylic acids is 3. The van der Waals surface area contributed by atoms with E-state index in [-0.39, 0.29) is 24.9 Å². The lowest BCUT2D eigenvalue weighted by Gasteiger charge is -2.33. The summed E-state index contributed by atoms with van der Waals surface area (Å²) in [4.78, 5) is 42.1. The number of nitrogens with zero attached hydrogens (tertiary/aromatic N) is 1. The van der Waals surface area contributed by atoms with Crippen LogP contribution in [0.5, 0.6) is 0 Å². The van der Waals surface area contributed by atoms with E-state index in [9.17, 15) is 14.4 Å². The maximum Gasteiger partial charge on any atom is 0.261 e. The molecule has 0 aliphatic carbocycles. The first-order chi connectivity index (χ1) is 17.8. The van der Waals surface area contributed by atoms with Crippen LogP contribution < -0.4 is 15.5 Å². The maximum absolute atomic E-state index is 13.8. The van der Waals surface area contributed by atoms with Gasteiger partial charge >= 0.3 is 0 Å². The average Bonchev–Trinajstić information content (AvgIpc) is 3.61. The summed E-state index contributed by atoms with van der Waals surface area (Å²) >= 11 is 1.30. The van der Waals surface area contributed by atoms with Crippen LogP contribution in [0.3, 0.4) is 0 Å². The fourth-order valence-electron chi connectivity index (χ4n) is 3.98. The number of hydrogen-bond donors (Lipinski definition) is 2. The van der Waals surface area contributed by atoms with Crippen LogP contribution in [-0.4, -0.2) is 24.3 Å². The lowest BCUT2D eigenvalue weighted by atomic mass is 10.00. The number of hydrogen-bond acceptors (Lipinski definition) is 5. The van der Waals surface area contributed by atoms with Crippen molar-refractivity contribution in [2.45, 2.75) is 33.4 Å². The predicted molar refractivity (Wildman–Crippen MR) is 145 cm³/mol. The third-order valence-electron chi connectivity index (χ3n) is 5.95. The monoisotopic (exact) mass is 515 g/mol. The molecule has 1 atom stereocenters. The minimum atomic E-state index is -0.970. The van der Waals surface area contributed by atoms with Gasteiger partial charge in [-0.3, -0.25) is 19.3 Å². The van der Waals surface area contributed by atoms with Gasteiger partial charge in [-0.2, -0.15) is 0 Å². The van der Waals surface area contributed by atoms with Gasteiger partial charge in [0.1, 0.15) is 11.8 Å². The van der Waals surface area contributed by atoms with Crippen molar-refractivity contribution >= 4 is 34.7 Å². The van der Waals surface area contributed by atoms with E-state index in [2.05, 4.69) is 10.6 Å². The minimum Gasteiger partial charge on any atom is -0.467 e. The standard InChI is InChI=1S/C29H29N3O4S/c1-19-9-12-22(13-10-19)27(29(35)30-17-23-6-4-14-36-23)32(24-16-20(2)8-11-21(24)3)26(33)18-31-28(34)25-7-5-15-37-25/h4-16,27H,17-18H2,1-3H3,(H,30,35)(H,31,34)/t27-/m0/s1. The van der Waals surface area contributed by atoms with Crippen LogP contribution in [0.15, 0.2) is 82.8 Å². The second-order valence-electron chi connectivity index (χ2n) is 8.82. The van der Waals surface area contributed by atoms with Crippen molar-refractivity contribution in [3.05, 3.63) is 111 Å². The van der Waals surface area contributed by atoms with E-state index in [0.29, 0.717) is 21.9 Å². The van der Waals surface area contributed by atoms with Crippen molar-refractivity contribution in [1.29, 1.82) is 0 Å². The van der Waals surface area contributed by atoms with Crippen LogP contribution in [0.4, 0.5) is 5.69 Å². The zero-order valence-electron chi connectivity index (χ0n) is 21.0. The summed E-state index contributed by atoms with van der Waals surface area (Å²) in [6.07, 6.45) is 1.54. The lowest BCUT2D eigenvalue weighted by molar-refractivity contribution is -0.126. The highest BCUT2D eigenvalue weighted by atomic mass is 32.1. The van der Waals surface area contributed by atoms with Crippen molar-refractivity contribution in [3.8, 4) is 0 Å². The summed E-state index contributed by atoms with van der Waals surface area (Å²) in [5.41, 5.74) is 4.07. The van der Waals surface area contributed by atoms with Gasteiger partial charge in [-0.1, -0.05) is 48.0 Å². The first-order valence-corrected chi connectivity index (χ1v) is 12.8. The highest BCUT2D eigenvalue weighted by molar-refractivity contribution is 7.12. The Morgan fingerprint density at radius 3 is 2.35 bits per heavy atom. The van der Waals surface area contributed by atoms with E-state index in [1.807, 2.05) is 63.2 Å². The third kappa shape index (κ3) is 6.34. The average molecular weight is 516 g/mol. The molecule has 190 valence electrons. The molecule has 0 saturated heterocycles. The molecular weight excluding hydrogens is 486 g/mol. The Hall–Kier alpha value is -4.17. The Labute approximate surface area is 220 Å². The number of anilines is 1. The summed E-state index contributed by atoms with van der Waals surface area (Å²) in [6.45, 7) is 5.70. The van der Waals surface area contributed by atoms with E-state index >= 15 is 0 Å². The topological polar surface area (TPSA) is 91.7 Å². The number of thiophene rings is 1. The third-order valence-corrected chi connectivity index (χ3v) is 6.82. The maximum atomic E-state index is 13.8. The second kappa shape index (κ2) is 11.7. The largest absolute Gasteiger partial charge is 0.467 e. The lowest BCUT2D eigenvalue weighted by Crippen LogP contribution is -2.47. The summed E-state index contributed by atoms with van der Waals surface area (Å²) in [5.74, 6) is -0.501. The van der Waals surface area contributed by atoms with E-state index in [1.54, 1.807) is 35.9 Å². The van der Waals surface area contributed by atoms with Crippen LogP contribution >= 0.6 is 11.3 Å². The van der Waals surface area contributed by atoms with Gasteiger partial charge in [0.15, 0.2) is 0 Å². The molecule has 0 radical (unpaired) electrons. The summed E-state index contributed by atoms with van der Waals surface area (Å²) in [7, 11) is 0. The molecular formula is C29H29N3O4S. The Morgan fingerprint density at radius 2 is 1.68 bits per heavy atom. The molecule has 0 bridgehead atoms. The molecule has 2 aromatic heterocycles. The molecule has 7 nitrogen and oxygen atoms in total. The number of furan rings is 1. The molecule has 0 saturated carbocycles.